The largest absolute Gasteiger partial charge is 0.331 e. The lowest BCUT2D eigenvalue weighted by Crippen LogP contribution is -2.37. The SMILES string of the molecule is Cc1c(CN2C(=S)N(c3ccc(Cl)cc3)C(=O)[C@@H]2CC(=O)Nc2ccc(Cl)cc2)cnn1C. The van der Waals surface area contributed by atoms with Crippen molar-refractivity contribution in [2.45, 2.75) is 25.9 Å². The van der Waals surface area contributed by atoms with Crippen LogP contribution >= 0.6 is 35.4 Å². The number of hydrogen-bond donors (Lipinski definition) is 1. The van der Waals surface area contributed by atoms with E-state index in [0.29, 0.717) is 33.1 Å². The Morgan fingerprint density at radius 3 is 2.27 bits per heavy atom. The van der Waals surface area contributed by atoms with E-state index in [2.05, 4.69) is 10.4 Å². The fraction of sp³-hybridized carbons (Fsp3) is 0.217. The van der Waals surface area contributed by atoms with Crippen molar-refractivity contribution in [1.29, 1.82) is 0 Å². The highest BCUT2D eigenvalue weighted by Crippen LogP contribution is 2.30. The number of carbonyl (C=O) groups excluding carboxylic acids is 2. The first-order chi connectivity index (χ1) is 15.7. The van der Waals surface area contributed by atoms with Crippen LogP contribution in [-0.4, -0.2) is 37.6 Å². The van der Waals surface area contributed by atoms with E-state index in [1.54, 1.807) is 64.3 Å². The van der Waals surface area contributed by atoms with E-state index in [4.69, 9.17) is 35.4 Å². The van der Waals surface area contributed by atoms with Gasteiger partial charge in [-0.15, -0.1) is 0 Å². The second-order valence-electron chi connectivity index (χ2n) is 7.71. The van der Waals surface area contributed by atoms with E-state index in [-0.39, 0.29) is 18.2 Å². The number of carbonyl (C=O) groups is 2. The maximum Gasteiger partial charge on any atom is 0.256 e. The average molecular weight is 502 g/mol. The molecule has 0 unspecified atom stereocenters. The van der Waals surface area contributed by atoms with Crippen molar-refractivity contribution in [1.82, 2.24) is 14.7 Å². The summed E-state index contributed by atoms with van der Waals surface area (Å²) < 4.78 is 1.76. The number of nitrogens with zero attached hydrogens (tertiary/aromatic N) is 4. The Bertz CT molecular complexity index is 1210. The molecule has 2 aromatic carbocycles. The van der Waals surface area contributed by atoms with Crippen LogP contribution in [0.2, 0.25) is 10.0 Å². The Morgan fingerprint density at radius 1 is 1.09 bits per heavy atom. The fourth-order valence-electron chi connectivity index (χ4n) is 3.65. The number of hydrogen-bond acceptors (Lipinski definition) is 4. The molecule has 7 nitrogen and oxygen atoms in total. The van der Waals surface area contributed by atoms with Crippen molar-refractivity contribution >= 4 is 63.7 Å². The number of aromatic nitrogens is 2. The lowest BCUT2D eigenvalue weighted by Gasteiger charge is -2.23. The molecule has 0 aliphatic carbocycles. The summed E-state index contributed by atoms with van der Waals surface area (Å²) in [6.07, 6.45) is 1.68. The van der Waals surface area contributed by atoms with E-state index in [0.717, 1.165) is 11.3 Å². The molecule has 0 saturated carbocycles. The van der Waals surface area contributed by atoms with Crippen LogP contribution in [0.1, 0.15) is 17.7 Å². The fourth-order valence-corrected chi connectivity index (χ4v) is 4.28. The molecule has 1 saturated heterocycles. The molecular formula is C23H21Cl2N5O2S. The summed E-state index contributed by atoms with van der Waals surface area (Å²) in [5, 5.41) is 8.56. The molecule has 1 aliphatic heterocycles. The molecule has 1 N–H and O–H groups in total. The monoisotopic (exact) mass is 501 g/mol. The molecule has 10 heteroatoms. The van der Waals surface area contributed by atoms with Gasteiger partial charge < -0.3 is 10.2 Å². The molecule has 2 heterocycles. The highest BCUT2D eigenvalue weighted by molar-refractivity contribution is 7.80. The van der Waals surface area contributed by atoms with E-state index in [1.807, 2.05) is 14.0 Å². The van der Waals surface area contributed by atoms with Crippen molar-refractivity contribution in [3.63, 3.8) is 0 Å². The number of nitrogens with one attached hydrogen (secondary N) is 1. The zero-order valence-corrected chi connectivity index (χ0v) is 20.3. The minimum atomic E-state index is -0.764. The normalized spacial score (nSPS) is 15.9. The highest BCUT2D eigenvalue weighted by Gasteiger charge is 2.44. The molecule has 3 aromatic rings. The Balaban J connectivity index is 1.61. The Labute approximate surface area is 206 Å². The van der Waals surface area contributed by atoms with Crippen molar-refractivity contribution in [3.05, 3.63) is 76.0 Å². The van der Waals surface area contributed by atoms with Gasteiger partial charge in [0.2, 0.25) is 5.91 Å². The summed E-state index contributed by atoms with van der Waals surface area (Å²) in [5.41, 5.74) is 3.08. The molecule has 33 heavy (non-hydrogen) atoms. The second-order valence-corrected chi connectivity index (χ2v) is 8.95. The first-order valence-electron chi connectivity index (χ1n) is 10.2. The van der Waals surface area contributed by atoms with E-state index < -0.39 is 6.04 Å². The predicted molar refractivity (Wildman–Crippen MR) is 134 cm³/mol. The number of thiocarbonyl (C=S) groups is 1. The van der Waals surface area contributed by atoms with Crippen LogP contribution in [0.4, 0.5) is 11.4 Å². The zero-order chi connectivity index (χ0) is 23.7. The molecule has 2 amide bonds. The van der Waals surface area contributed by atoms with Crippen molar-refractivity contribution < 1.29 is 9.59 Å². The molecule has 0 bridgehead atoms. The maximum atomic E-state index is 13.5. The number of anilines is 2. The van der Waals surface area contributed by atoms with Gasteiger partial charge in [-0.25, -0.2) is 0 Å². The summed E-state index contributed by atoms with van der Waals surface area (Å²) in [4.78, 5) is 29.5. The third kappa shape index (κ3) is 4.88. The topological polar surface area (TPSA) is 70.5 Å². The van der Waals surface area contributed by atoms with Gasteiger partial charge in [0.25, 0.3) is 5.91 Å². The quantitative estimate of drug-likeness (QED) is 0.501. The lowest BCUT2D eigenvalue weighted by atomic mass is 10.1. The number of rotatable bonds is 6. The molecule has 0 spiro atoms. The summed E-state index contributed by atoms with van der Waals surface area (Å²) in [5.74, 6) is -0.570. The van der Waals surface area contributed by atoms with E-state index in [9.17, 15) is 9.59 Å². The summed E-state index contributed by atoms with van der Waals surface area (Å²) in [6.45, 7) is 2.30. The van der Waals surface area contributed by atoms with Gasteiger partial charge in [-0.3, -0.25) is 19.2 Å². The van der Waals surface area contributed by atoms with Gasteiger partial charge in [0, 0.05) is 40.6 Å². The summed E-state index contributed by atoms with van der Waals surface area (Å²) >= 11 is 17.6. The van der Waals surface area contributed by atoms with Crippen LogP contribution in [-0.2, 0) is 23.2 Å². The van der Waals surface area contributed by atoms with Gasteiger partial charge in [0.1, 0.15) is 6.04 Å². The van der Waals surface area contributed by atoms with Crippen LogP contribution in [0.3, 0.4) is 0 Å². The van der Waals surface area contributed by atoms with Crippen LogP contribution in [0.5, 0.6) is 0 Å². The van der Waals surface area contributed by atoms with Crippen LogP contribution in [0.15, 0.2) is 54.7 Å². The molecule has 1 aliphatic rings. The Morgan fingerprint density at radius 2 is 1.70 bits per heavy atom. The van der Waals surface area contributed by atoms with Crippen molar-refractivity contribution in [2.75, 3.05) is 10.2 Å². The standard InChI is InChI=1S/C23H21Cl2N5O2S/c1-14-15(12-26-28(14)2)13-29-20(11-21(31)27-18-7-3-16(24)4-8-18)22(32)30(23(29)33)19-9-5-17(25)6-10-19/h3-10,12,20H,11,13H2,1-2H3,(H,27,31)/t20-/m0/s1. The van der Waals surface area contributed by atoms with E-state index in [1.165, 1.54) is 4.90 Å². The van der Waals surface area contributed by atoms with Gasteiger partial charge in [-0.2, -0.15) is 5.10 Å². The van der Waals surface area contributed by atoms with Crippen molar-refractivity contribution in [3.8, 4) is 0 Å². The van der Waals surface area contributed by atoms with Crippen molar-refractivity contribution in [2.24, 2.45) is 7.05 Å². The molecule has 1 aromatic heterocycles. The number of amides is 2. The third-order valence-electron chi connectivity index (χ3n) is 5.59. The molecular weight excluding hydrogens is 481 g/mol. The predicted octanol–water partition coefficient (Wildman–Crippen LogP) is 4.57. The molecule has 0 radical (unpaired) electrons. The third-order valence-corrected chi connectivity index (χ3v) is 6.51. The summed E-state index contributed by atoms with van der Waals surface area (Å²) in [6, 6.07) is 12.9. The van der Waals surface area contributed by atoms with Crippen LogP contribution in [0.25, 0.3) is 0 Å². The van der Waals surface area contributed by atoms with Crippen LogP contribution in [0, 0.1) is 6.92 Å². The Kier molecular flexibility index (Phi) is 6.69. The maximum absolute atomic E-state index is 13.5. The number of halogens is 2. The second kappa shape index (κ2) is 9.51. The van der Waals surface area contributed by atoms with E-state index >= 15 is 0 Å². The zero-order valence-electron chi connectivity index (χ0n) is 18.0. The minimum Gasteiger partial charge on any atom is -0.331 e. The van der Waals surface area contributed by atoms with Gasteiger partial charge in [0.15, 0.2) is 5.11 Å². The molecule has 1 fully saturated rings. The average Bonchev–Trinajstić information content (AvgIpc) is 3.22. The smallest absolute Gasteiger partial charge is 0.256 e. The first-order valence-corrected chi connectivity index (χ1v) is 11.3. The minimum absolute atomic E-state index is 0.0645. The van der Waals surface area contributed by atoms with Gasteiger partial charge in [-0.1, -0.05) is 23.2 Å². The molecule has 4 rings (SSSR count). The van der Waals surface area contributed by atoms with Gasteiger partial charge in [-0.05, 0) is 67.7 Å². The lowest BCUT2D eigenvalue weighted by molar-refractivity contribution is -0.124. The van der Waals surface area contributed by atoms with Gasteiger partial charge >= 0.3 is 0 Å². The molecule has 170 valence electrons. The molecule has 1 atom stereocenters. The first kappa shape index (κ1) is 23.2. The highest BCUT2D eigenvalue weighted by atomic mass is 35.5. The summed E-state index contributed by atoms with van der Waals surface area (Å²) in [7, 11) is 1.85. The van der Waals surface area contributed by atoms with Crippen LogP contribution < -0.4 is 10.2 Å². The Hall–Kier alpha value is -2.94. The van der Waals surface area contributed by atoms with Gasteiger partial charge in [0.05, 0.1) is 18.3 Å². The number of benzene rings is 2. The number of aryl methyl sites for hydroxylation is 1.